The van der Waals surface area contributed by atoms with Crippen molar-refractivity contribution in [2.45, 2.75) is 32.1 Å². The molecule has 0 atom stereocenters. The van der Waals surface area contributed by atoms with Crippen LogP contribution in [-0.4, -0.2) is 5.84 Å². The highest BCUT2D eigenvalue weighted by Gasteiger charge is 2.19. The van der Waals surface area contributed by atoms with E-state index >= 15 is 0 Å². The van der Waals surface area contributed by atoms with E-state index in [0.717, 1.165) is 32.1 Å². The second kappa shape index (κ2) is 5.42. The lowest BCUT2D eigenvalue weighted by Crippen LogP contribution is -2.25. The van der Waals surface area contributed by atoms with Gasteiger partial charge in [-0.3, -0.25) is 0 Å². The Hall–Kier alpha value is -1.52. The van der Waals surface area contributed by atoms with E-state index in [-0.39, 0.29) is 11.8 Å². The highest BCUT2D eigenvalue weighted by molar-refractivity contribution is 5.85. The Morgan fingerprint density at radius 3 is 2.17 bits per heavy atom. The molecule has 1 saturated carbocycles. The van der Waals surface area contributed by atoms with Crippen molar-refractivity contribution >= 4 is 11.5 Å². The molecular formula is C13H15F3N2. The van der Waals surface area contributed by atoms with E-state index < -0.39 is 23.1 Å². The Kier molecular flexibility index (Phi) is 3.89. The lowest BCUT2D eigenvalue weighted by atomic mass is 9.88. The van der Waals surface area contributed by atoms with Gasteiger partial charge in [-0.2, -0.15) is 0 Å². The van der Waals surface area contributed by atoms with Gasteiger partial charge in [0.1, 0.15) is 17.3 Å². The van der Waals surface area contributed by atoms with Gasteiger partial charge < -0.3 is 5.73 Å². The first kappa shape index (κ1) is 12.9. The van der Waals surface area contributed by atoms with Crippen LogP contribution in [0, 0.1) is 23.4 Å². The zero-order valence-corrected chi connectivity index (χ0v) is 9.93. The molecule has 1 aromatic rings. The first-order valence-corrected chi connectivity index (χ1v) is 6.06. The van der Waals surface area contributed by atoms with Crippen LogP contribution in [0.5, 0.6) is 0 Å². The number of benzene rings is 1. The second-order valence-corrected chi connectivity index (χ2v) is 4.59. The number of halogens is 3. The summed E-state index contributed by atoms with van der Waals surface area (Å²) in [6.45, 7) is 0. The zero-order chi connectivity index (χ0) is 13.1. The maximum Gasteiger partial charge on any atom is 0.154 e. The molecule has 1 aliphatic rings. The van der Waals surface area contributed by atoms with Crippen molar-refractivity contribution in [3.05, 3.63) is 29.6 Å². The molecule has 18 heavy (non-hydrogen) atoms. The average Bonchev–Trinajstić information content (AvgIpc) is 2.34. The third-order valence-corrected chi connectivity index (χ3v) is 3.25. The number of hydrogen-bond acceptors (Lipinski definition) is 1. The third kappa shape index (κ3) is 2.83. The molecule has 0 aromatic heterocycles. The van der Waals surface area contributed by atoms with Gasteiger partial charge in [0.25, 0.3) is 0 Å². The molecule has 0 unspecified atom stereocenters. The lowest BCUT2D eigenvalue weighted by molar-refractivity contribution is 0.437. The minimum Gasteiger partial charge on any atom is -0.387 e. The topological polar surface area (TPSA) is 38.4 Å². The van der Waals surface area contributed by atoms with E-state index in [0.29, 0.717) is 12.1 Å². The summed E-state index contributed by atoms with van der Waals surface area (Å²) in [6, 6.07) is 1.21. The standard InChI is InChI=1S/C13H15F3N2/c14-9-6-10(15)12(11(16)7-9)18-13(17)8-4-2-1-3-5-8/h6-8H,1-5H2,(H2,17,18). The third-order valence-electron chi connectivity index (χ3n) is 3.25. The molecule has 0 bridgehead atoms. The van der Waals surface area contributed by atoms with Crippen LogP contribution in [-0.2, 0) is 0 Å². The van der Waals surface area contributed by atoms with E-state index in [4.69, 9.17) is 5.73 Å². The minimum absolute atomic E-state index is 0.0719. The largest absolute Gasteiger partial charge is 0.387 e. The molecule has 5 heteroatoms. The highest BCUT2D eigenvalue weighted by Crippen LogP contribution is 2.27. The van der Waals surface area contributed by atoms with Crippen molar-refractivity contribution < 1.29 is 13.2 Å². The summed E-state index contributed by atoms with van der Waals surface area (Å²) in [6.07, 6.45) is 5.03. The number of nitrogens with two attached hydrogens (primary N) is 1. The van der Waals surface area contributed by atoms with E-state index in [1.54, 1.807) is 0 Å². The number of rotatable bonds is 2. The summed E-state index contributed by atoms with van der Waals surface area (Å²) < 4.78 is 39.5. The monoisotopic (exact) mass is 256 g/mol. The molecule has 0 amide bonds. The molecule has 2 nitrogen and oxygen atoms in total. The first-order valence-electron chi connectivity index (χ1n) is 6.06. The number of nitrogens with zero attached hydrogens (tertiary/aromatic N) is 1. The van der Waals surface area contributed by atoms with Crippen LogP contribution in [0.15, 0.2) is 17.1 Å². The van der Waals surface area contributed by atoms with Gasteiger partial charge in [0.15, 0.2) is 11.6 Å². The predicted molar refractivity (Wildman–Crippen MR) is 64.2 cm³/mol. The summed E-state index contributed by atoms with van der Waals surface area (Å²) in [4.78, 5) is 3.80. The smallest absolute Gasteiger partial charge is 0.154 e. The van der Waals surface area contributed by atoms with Crippen molar-refractivity contribution in [3.63, 3.8) is 0 Å². The number of amidine groups is 1. The van der Waals surface area contributed by atoms with Crippen molar-refractivity contribution in [2.24, 2.45) is 16.6 Å². The molecular weight excluding hydrogens is 241 g/mol. The SMILES string of the molecule is NC(=Nc1c(F)cc(F)cc1F)C1CCCCC1. The van der Waals surface area contributed by atoms with Gasteiger partial charge in [0.05, 0.1) is 0 Å². The zero-order valence-electron chi connectivity index (χ0n) is 9.93. The van der Waals surface area contributed by atoms with Crippen LogP contribution in [0.3, 0.4) is 0 Å². The van der Waals surface area contributed by atoms with Crippen molar-refractivity contribution in [2.75, 3.05) is 0 Å². The van der Waals surface area contributed by atoms with Gasteiger partial charge >= 0.3 is 0 Å². The number of aliphatic imine (C=N–C) groups is 1. The summed E-state index contributed by atoms with van der Waals surface area (Å²) in [5.74, 6) is -2.69. The fourth-order valence-corrected chi connectivity index (χ4v) is 2.26. The first-order chi connectivity index (χ1) is 8.58. The maximum absolute atomic E-state index is 13.4. The Morgan fingerprint density at radius 2 is 1.61 bits per heavy atom. The van der Waals surface area contributed by atoms with Crippen LogP contribution >= 0.6 is 0 Å². The minimum atomic E-state index is -1.02. The van der Waals surface area contributed by atoms with Crippen molar-refractivity contribution in [1.29, 1.82) is 0 Å². The van der Waals surface area contributed by atoms with Crippen LogP contribution in [0.25, 0.3) is 0 Å². The van der Waals surface area contributed by atoms with Gasteiger partial charge in [-0.25, -0.2) is 18.2 Å². The van der Waals surface area contributed by atoms with Crippen molar-refractivity contribution in [1.82, 2.24) is 0 Å². The average molecular weight is 256 g/mol. The van der Waals surface area contributed by atoms with Gasteiger partial charge in [-0.1, -0.05) is 19.3 Å². The molecule has 1 fully saturated rings. The van der Waals surface area contributed by atoms with Crippen LogP contribution in [0.2, 0.25) is 0 Å². The molecule has 2 N–H and O–H groups in total. The molecule has 1 aliphatic carbocycles. The van der Waals surface area contributed by atoms with E-state index in [1.807, 2.05) is 0 Å². The molecule has 0 spiro atoms. The Bertz CT molecular complexity index is 442. The Labute approximate surface area is 104 Å². The normalized spacial score (nSPS) is 18.1. The van der Waals surface area contributed by atoms with Gasteiger partial charge in [0.2, 0.25) is 0 Å². The van der Waals surface area contributed by atoms with Crippen LogP contribution in [0.4, 0.5) is 18.9 Å². The van der Waals surface area contributed by atoms with E-state index in [9.17, 15) is 13.2 Å². The predicted octanol–water partition coefficient (Wildman–Crippen LogP) is 3.67. The summed E-state index contributed by atoms with van der Waals surface area (Å²) >= 11 is 0. The van der Waals surface area contributed by atoms with E-state index in [2.05, 4.69) is 4.99 Å². The lowest BCUT2D eigenvalue weighted by Gasteiger charge is -2.20. The fourth-order valence-electron chi connectivity index (χ4n) is 2.26. The fraction of sp³-hybridized carbons (Fsp3) is 0.462. The second-order valence-electron chi connectivity index (χ2n) is 4.59. The maximum atomic E-state index is 13.4. The highest BCUT2D eigenvalue weighted by atomic mass is 19.1. The van der Waals surface area contributed by atoms with Gasteiger partial charge in [-0.15, -0.1) is 0 Å². The number of hydrogen-bond donors (Lipinski definition) is 1. The molecule has 0 heterocycles. The molecule has 2 rings (SSSR count). The van der Waals surface area contributed by atoms with E-state index in [1.165, 1.54) is 0 Å². The summed E-state index contributed by atoms with van der Waals surface area (Å²) in [7, 11) is 0. The molecule has 0 saturated heterocycles. The summed E-state index contributed by atoms with van der Waals surface area (Å²) in [5, 5.41) is 0. The van der Waals surface area contributed by atoms with Crippen LogP contribution in [0.1, 0.15) is 32.1 Å². The molecule has 0 aliphatic heterocycles. The molecule has 1 aromatic carbocycles. The Morgan fingerprint density at radius 1 is 1.06 bits per heavy atom. The molecule has 98 valence electrons. The Balaban J connectivity index is 2.26. The summed E-state index contributed by atoms with van der Waals surface area (Å²) in [5.41, 5.74) is 5.28. The van der Waals surface area contributed by atoms with Gasteiger partial charge in [0, 0.05) is 18.1 Å². The van der Waals surface area contributed by atoms with Gasteiger partial charge in [-0.05, 0) is 12.8 Å². The van der Waals surface area contributed by atoms with Crippen molar-refractivity contribution in [3.8, 4) is 0 Å². The van der Waals surface area contributed by atoms with Crippen LogP contribution < -0.4 is 5.73 Å². The molecule has 0 radical (unpaired) electrons. The quantitative estimate of drug-likeness (QED) is 0.636.